The number of aryl methyl sites for hydroxylation is 2. The Morgan fingerprint density at radius 2 is 2.00 bits per heavy atom. The van der Waals surface area contributed by atoms with Crippen LogP contribution in [0.15, 0.2) is 42.9 Å². The zero-order valence-corrected chi connectivity index (χ0v) is 13.2. The minimum absolute atomic E-state index is 0.718. The van der Waals surface area contributed by atoms with Crippen molar-refractivity contribution in [2.75, 3.05) is 4.90 Å². The molecular formula is C17H15ClN4. The van der Waals surface area contributed by atoms with E-state index in [0.717, 1.165) is 45.6 Å². The molecule has 1 aliphatic heterocycles. The second kappa shape index (κ2) is 4.85. The molecular weight excluding hydrogens is 296 g/mol. The van der Waals surface area contributed by atoms with Crippen LogP contribution in [0.1, 0.15) is 11.4 Å². The molecule has 0 atom stereocenters. The van der Waals surface area contributed by atoms with E-state index in [1.54, 1.807) is 0 Å². The van der Waals surface area contributed by atoms with Crippen molar-refractivity contribution in [1.29, 1.82) is 0 Å². The van der Waals surface area contributed by atoms with Crippen LogP contribution in [0.3, 0.4) is 0 Å². The number of fused-ring (bicyclic) bond motifs is 3. The van der Waals surface area contributed by atoms with Crippen LogP contribution in [0.4, 0.5) is 11.4 Å². The van der Waals surface area contributed by atoms with Crippen molar-refractivity contribution in [3.05, 3.63) is 59.3 Å². The molecule has 110 valence electrons. The van der Waals surface area contributed by atoms with E-state index < -0.39 is 0 Å². The van der Waals surface area contributed by atoms with Crippen LogP contribution in [0.25, 0.3) is 11.3 Å². The van der Waals surface area contributed by atoms with E-state index >= 15 is 0 Å². The van der Waals surface area contributed by atoms with Gasteiger partial charge in [0.15, 0.2) is 0 Å². The van der Waals surface area contributed by atoms with Crippen LogP contribution in [-0.2, 0) is 13.6 Å². The van der Waals surface area contributed by atoms with Crippen LogP contribution in [0, 0.1) is 6.92 Å². The summed E-state index contributed by atoms with van der Waals surface area (Å²) < 4.78 is 2.06. The van der Waals surface area contributed by atoms with Gasteiger partial charge in [0.1, 0.15) is 0 Å². The number of anilines is 2. The van der Waals surface area contributed by atoms with Crippen LogP contribution in [0.2, 0.25) is 5.02 Å². The summed E-state index contributed by atoms with van der Waals surface area (Å²) >= 11 is 6.25. The normalized spacial score (nSPS) is 13.0. The van der Waals surface area contributed by atoms with Gasteiger partial charge in [-0.25, -0.2) is 4.98 Å². The standard InChI is InChI=1S/C17H15ClN4/c1-11-15(4-3-7-19-11)22-9-14-17(21(2)10-20-14)13-6-5-12(18)8-16(13)22/h3-8,10H,9H2,1-2H3. The fourth-order valence-corrected chi connectivity index (χ4v) is 3.25. The number of rotatable bonds is 1. The number of benzene rings is 1. The maximum atomic E-state index is 6.25. The average molecular weight is 311 g/mol. The summed E-state index contributed by atoms with van der Waals surface area (Å²) in [4.78, 5) is 11.2. The molecule has 5 heteroatoms. The van der Waals surface area contributed by atoms with Crippen LogP contribution in [0.5, 0.6) is 0 Å². The summed E-state index contributed by atoms with van der Waals surface area (Å²) in [6, 6.07) is 10.0. The van der Waals surface area contributed by atoms with Gasteiger partial charge < -0.3 is 9.47 Å². The minimum atomic E-state index is 0.718. The van der Waals surface area contributed by atoms with E-state index in [-0.39, 0.29) is 0 Å². The molecule has 3 aromatic rings. The van der Waals surface area contributed by atoms with E-state index in [1.165, 1.54) is 0 Å². The maximum Gasteiger partial charge on any atom is 0.0952 e. The number of pyridine rings is 1. The van der Waals surface area contributed by atoms with Crippen molar-refractivity contribution >= 4 is 23.0 Å². The van der Waals surface area contributed by atoms with Gasteiger partial charge in [-0.3, -0.25) is 4.98 Å². The molecule has 4 nitrogen and oxygen atoms in total. The van der Waals surface area contributed by atoms with Gasteiger partial charge in [0.05, 0.1) is 41.3 Å². The van der Waals surface area contributed by atoms with Crippen molar-refractivity contribution in [1.82, 2.24) is 14.5 Å². The van der Waals surface area contributed by atoms with Gasteiger partial charge >= 0.3 is 0 Å². The zero-order chi connectivity index (χ0) is 15.3. The predicted molar refractivity (Wildman–Crippen MR) is 88.5 cm³/mol. The molecule has 0 saturated heterocycles. The fourth-order valence-electron chi connectivity index (χ4n) is 3.08. The van der Waals surface area contributed by atoms with Crippen molar-refractivity contribution in [3.8, 4) is 11.3 Å². The number of nitrogens with zero attached hydrogens (tertiary/aromatic N) is 4. The van der Waals surface area contributed by atoms with Gasteiger partial charge in [0.2, 0.25) is 0 Å². The number of hydrogen-bond acceptors (Lipinski definition) is 3. The molecule has 0 unspecified atom stereocenters. The van der Waals surface area contributed by atoms with E-state index in [0.29, 0.717) is 0 Å². The summed E-state index contributed by atoms with van der Waals surface area (Å²) in [7, 11) is 2.02. The number of hydrogen-bond donors (Lipinski definition) is 0. The Labute approximate surface area is 134 Å². The van der Waals surface area contributed by atoms with E-state index in [1.807, 2.05) is 44.7 Å². The van der Waals surface area contributed by atoms with Crippen LogP contribution < -0.4 is 4.90 Å². The fraction of sp³-hybridized carbons (Fsp3) is 0.176. The van der Waals surface area contributed by atoms with Gasteiger partial charge in [-0.1, -0.05) is 11.6 Å². The summed E-state index contributed by atoms with van der Waals surface area (Å²) in [6.45, 7) is 2.74. The highest BCUT2D eigenvalue weighted by atomic mass is 35.5. The quantitative estimate of drug-likeness (QED) is 0.678. The lowest BCUT2D eigenvalue weighted by Gasteiger charge is -2.32. The highest BCUT2D eigenvalue weighted by molar-refractivity contribution is 6.31. The Morgan fingerprint density at radius 1 is 1.14 bits per heavy atom. The van der Waals surface area contributed by atoms with E-state index in [2.05, 4.69) is 31.6 Å². The Bertz CT molecular complexity index is 869. The third kappa shape index (κ3) is 1.91. The summed E-state index contributed by atoms with van der Waals surface area (Å²) in [5.74, 6) is 0. The van der Waals surface area contributed by atoms with Gasteiger partial charge in [-0.2, -0.15) is 0 Å². The lowest BCUT2D eigenvalue weighted by molar-refractivity contribution is 0.893. The van der Waals surface area contributed by atoms with E-state index in [9.17, 15) is 0 Å². The first kappa shape index (κ1) is 13.3. The van der Waals surface area contributed by atoms with Gasteiger partial charge in [-0.05, 0) is 37.3 Å². The molecule has 1 aromatic carbocycles. The first-order valence-electron chi connectivity index (χ1n) is 7.14. The number of halogens is 1. The molecule has 0 spiro atoms. The van der Waals surface area contributed by atoms with E-state index in [4.69, 9.17) is 11.6 Å². The lowest BCUT2D eigenvalue weighted by atomic mass is 10.0. The summed E-state index contributed by atoms with van der Waals surface area (Å²) in [5.41, 5.74) is 6.55. The summed E-state index contributed by atoms with van der Waals surface area (Å²) in [6.07, 6.45) is 3.68. The molecule has 0 aliphatic carbocycles. The Morgan fingerprint density at radius 3 is 2.82 bits per heavy atom. The predicted octanol–water partition coefficient (Wildman–Crippen LogP) is 4.10. The Hall–Kier alpha value is -2.33. The first-order chi connectivity index (χ1) is 10.6. The number of aromatic nitrogens is 3. The molecule has 2 aromatic heterocycles. The largest absolute Gasteiger partial charge is 0.333 e. The molecule has 1 aliphatic rings. The second-order valence-electron chi connectivity index (χ2n) is 5.51. The lowest BCUT2D eigenvalue weighted by Crippen LogP contribution is -2.23. The van der Waals surface area contributed by atoms with Gasteiger partial charge in [0, 0.05) is 23.8 Å². The first-order valence-corrected chi connectivity index (χ1v) is 7.52. The topological polar surface area (TPSA) is 34.0 Å². The molecule has 0 radical (unpaired) electrons. The highest BCUT2D eigenvalue weighted by Gasteiger charge is 2.27. The molecule has 3 heterocycles. The maximum absolute atomic E-state index is 6.25. The average Bonchev–Trinajstić information content (AvgIpc) is 2.88. The molecule has 0 saturated carbocycles. The molecule has 22 heavy (non-hydrogen) atoms. The third-order valence-corrected chi connectivity index (χ3v) is 4.33. The van der Waals surface area contributed by atoms with Crippen molar-refractivity contribution in [3.63, 3.8) is 0 Å². The highest BCUT2D eigenvalue weighted by Crippen LogP contribution is 2.43. The SMILES string of the molecule is Cc1ncccc1N1Cc2ncn(C)c2-c2ccc(Cl)cc21. The summed E-state index contributed by atoms with van der Waals surface area (Å²) in [5, 5.41) is 0.732. The third-order valence-electron chi connectivity index (χ3n) is 4.10. The monoisotopic (exact) mass is 310 g/mol. The van der Waals surface area contributed by atoms with Crippen molar-refractivity contribution in [2.24, 2.45) is 7.05 Å². The van der Waals surface area contributed by atoms with Crippen LogP contribution >= 0.6 is 11.6 Å². The second-order valence-corrected chi connectivity index (χ2v) is 5.94. The number of imidazole rings is 1. The zero-order valence-electron chi connectivity index (χ0n) is 12.4. The molecule has 4 rings (SSSR count). The van der Waals surface area contributed by atoms with Crippen molar-refractivity contribution in [2.45, 2.75) is 13.5 Å². The molecule has 0 bridgehead atoms. The Balaban J connectivity index is 1.97. The van der Waals surface area contributed by atoms with Crippen LogP contribution in [-0.4, -0.2) is 14.5 Å². The van der Waals surface area contributed by atoms with Gasteiger partial charge in [-0.15, -0.1) is 0 Å². The van der Waals surface area contributed by atoms with Crippen molar-refractivity contribution < 1.29 is 0 Å². The smallest absolute Gasteiger partial charge is 0.0952 e. The minimum Gasteiger partial charge on any atom is -0.333 e. The Kier molecular flexibility index (Phi) is 2.94. The molecule has 0 amide bonds. The molecule has 0 N–H and O–H groups in total. The molecule has 0 fully saturated rings. The van der Waals surface area contributed by atoms with Gasteiger partial charge in [0.25, 0.3) is 0 Å².